The van der Waals surface area contributed by atoms with Crippen molar-refractivity contribution in [3.63, 3.8) is 0 Å². The molecular formula is C41H29N3O2. The summed E-state index contributed by atoms with van der Waals surface area (Å²) in [5, 5.41) is 15.7. The number of hydrogen-bond acceptors (Lipinski definition) is 3. The molecule has 1 amide bonds. The average molecular weight is 596 g/mol. The van der Waals surface area contributed by atoms with E-state index in [-0.39, 0.29) is 17.2 Å². The highest BCUT2D eigenvalue weighted by molar-refractivity contribution is 6.11. The van der Waals surface area contributed by atoms with Crippen molar-refractivity contribution >= 4 is 33.4 Å². The molecular weight excluding hydrogens is 566 g/mol. The first kappa shape index (κ1) is 27.4. The third-order valence-electron chi connectivity index (χ3n) is 8.58. The zero-order valence-corrected chi connectivity index (χ0v) is 24.8. The number of phenolic OH excluding ortho intramolecular Hbond substituents is 1. The van der Waals surface area contributed by atoms with E-state index < -0.39 is 6.04 Å². The van der Waals surface area contributed by atoms with Gasteiger partial charge in [0.25, 0.3) is 5.91 Å². The fourth-order valence-corrected chi connectivity index (χ4v) is 6.46. The second-order valence-corrected chi connectivity index (χ2v) is 11.4. The molecule has 6 aromatic carbocycles. The monoisotopic (exact) mass is 595 g/mol. The van der Waals surface area contributed by atoms with Crippen LogP contribution in [0.15, 0.2) is 158 Å². The fourth-order valence-electron chi connectivity index (χ4n) is 6.46. The molecule has 0 aliphatic carbocycles. The molecule has 0 bridgehead atoms. The van der Waals surface area contributed by atoms with Gasteiger partial charge in [-0.15, -0.1) is 0 Å². The van der Waals surface area contributed by atoms with Crippen molar-refractivity contribution in [1.82, 2.24) is 14.7 Å². The molecule has 2 N–H and O–H groups in total. The second-order valence-electron chi connectivity index (χ2n) is 11.4. The number of imidazole rings is 1. The molecule has 0 fully saturated rings. The van der Waals surface area contributed by atoms with Crippen LogP contribution >= 0.6 is 0 Å². The van der Waals surface area contributed by atoms with Gasteiger partial charge in [-0.2, -0.15) is 0 Å². The Morgan fingerprint density at radius 3 is 2.00 bits per heavy atom. The van der Waals surface area contributed by atoms with Crippen molar-refractivity contribution in [2.45, 2.75) is 6.04 Å². The van der Waals surface area contributed by atoms with Crippen LogP contribution < -0.4 is 5.32 Å². The lowest BCUT2D eigenvalue weighted by Gasteiger charge is -2.22. The second kappa shape index (κ2) is 11.4. The van der Waals surface area contributed by atoms with E-state index in [0.29, 0.717) is 0 Å². The summed E-state index contributed by atoms with van der Waals surface area (Å²) in [6, 6.07) is 51.6. The molecule has 5 heteroatoms. The van der Waals surface area contributed by atoms with E-state index in [4.69, 9.17) is 4.98 Å². The van der Waals surface area contributed by atoms with Gasteiger partial charge < -0.3 is 10.4 Å². The van der Waals surface area contributed by atoms with Crippen molar-refractivity contribution in [1.29, 1.82) is 0 Å². The number of fused-ring (bicyclic) bond motifs is 5. The summed E-state index contributed by atoms with van der Waals surface area (Å²) in [4.78, 5) is 18.8. The number of para-hydroxylation sites is 3. The lowest BCUT2D eigenvalue weighted by Crippen LogP contribution is -2.29. The average Bonchev–Trinajstić information content (AvgIpc) is 3.51. The summed E-state index contributed by atoms with van der Waals surface area (Å²) >= 11 is 0. The lowest BCUT2D eigenvalue weighted by molar-refractivity contribution is 0.0940. The Balaban J connectivity index is 1.43. The first-order chi connectivity index (χ1) is 22.7. The maximum atomic E-state index is 13.6. The van der Waals surface area contributed by atoms with E-state index in [1.807, 2.05) is 60.7 Å². The Kier molecular flexibility index (Phi) is 6.77. The number of carbonyl (C=O) groups excluding carboxylic acids is 1. The predicted molar refractivity (Wildman–Crippen MR) is 185 cm³/mol. The third kappa shape index (κ3) is 4.66. The van der Waals surface area contributed by atoms with Crippen molar-refractivity contribution in [3.8, 4) is 28.1 Å². The highest BCUT2D eigenvalue weighted by Gasteiger charge is 2.24. The van der Waals surface area contributed by atoms with E-state index >= 15 is 0 Å². The van der Waals surface area contributed by atoms with Crippen LogP contribution in [0.5, 0.6) is 5.75 Å². The number of nitrogens with one attached hydrogen (secondary N) is 1. The molecule has 5 nitrogen and oxygen atoms in total. The number of pyridine rings is 1. The van der Waals surface area contributed by atoms with Crippen LogP contribution in [-0.2, 0) is 0 Å². The van der Waals surface area contributed by atoms with Crippen LogP contribution in [0.2, 0.25) is 0 Å². The molecule has 2 aromatic heterocycles. The Morgan fingerprint density at radius 2 is 1.26 bits per heavy atom. The minimum atomic E-state index is -0.476. The number of amides is 1. The fraction of sp³-hybridized carbons (Fsp3) is 0.0244. The van der Waals surface area contributed by atoms with Gasteiger partial charge in [0.05, 0.1) is 28.3 Å². The topological polar surface area (TPSA) is 66.6 Å². The van der Waals surface area contributed by atoms with E-state index in [2.05, 4.69) is 82.5 Å². The lowest BCUT2D eigenvalue weighted by atomic mass is 9.90. The highest BCUT2D eigenvalue weighted by atomic mass is 16.3. The number of nitrogens with zero attached hydrogens (tertiary/aromatic N) is 2. The largest absolute Gasteiger partial charge is 0.507 e. The number of phenols is 1. The van der Waals surface area contributed by atoms with Gasteiger partial charge in [0.2, 0.25) is 0 Å². The summed E-state index contributed by atoms with van der Waals surface area (Å²) in [6.45, 7) is 0. The van der Waals surface area contributed by atoms with Gasteiger partial charge in [0.15, 0.2) is 0 Å². The number of aromatic nitrogens is 2. The van der Waals surface area contributed by atoms with Crippen LogP contribution in [0.1, 0.15) is 27.5 Å². The van der Waals surface area contributed by atoms with Gasteiger partial charge in [-0.1, -0.05) is 127 Å². The highest BCUT2D eigenvalue weighted by Crippen LogP contribution is 2.42. The molecule has 1 unspecified atom stereocenters. The predicted octanol–water partition coefficient (Wildman–Crippen LogP) is 9.20. The first-order valence-electron chi connectivity index (χ1n) is 15.3. The molecule has 0 aliphatic heterocycles. The molecule has 46 heavy (non-hydrogen) atoms. The number of benzene rings is 6. The van der Waals surface area contributed by atoms with E-state index in [9.17, 15) is 9.90 Å². The normalized spacial score (nSPS) is 12.0. The maximum Gasteiger partial charge on any atom is 0.255 e. The number of carbonyl (C=O) groups is 1. The molecule has 0 aliphatic rings. The minimum absolute atomic E-state index is 0.0583. The van der Waals surface area contributed by atoms with Crippen molar-refractivity contribution < 1.29 is 9.90 Å². The number of aromatic hydroxyl groups is 1. The molecule has 8 aromatic rings. The summed E-state index contributed by atoms with van der Waals surface area (Å²) in [6.07, 6.45) is 0. The van der Waals surface area contributed by atoms with Crippen LogP contribution in [0.25, 0.3) is 49.8 Å². The van der Waals surface area contributed by atoms with Crippen LogP contribution in [0.4, 0.5) is 0 Å². The smallest absolute Gasteiger partial charge is 0.255 e. The van der Waals surface area contributed by atoms with Crippen LogP contribution in [0, 0.1) is 0 Å². The Morgan fingerprint density at radius 1 is 0.630 bits per heavy atom. The van der Waals surface area contributed by atoms with Crippen molar-refractivity contribution in [2.24, 2.45) is 0 Å². The number of rotatable bonds is 6. The molecule has 0 spiro atoms. The molecule has 8 rings (SSSR count). The van der Waals surface area contributed by atoms with E-state index in [1.54, 1.807) is 18.2 Å². The summed E-state index contributed by atoms with van der Waals surface area (Å²) in [5.74, 6) is -0.412. The molecule has 220 valence electrons. The van der Waals surface area contributed by atoms with Gasteiger partial charge in [0, 0.05) is 10.9 Å². The zero-order chi connectivity index (χ0) is 31.0. The molecule has 0 radical (unpaired) electrons. The summed E-state index contributed by atoms with van der Waals surface area (Å²) in [5.41, 5.74) is 9.21. The molecule has 1 atom stereocenters. The van der Waals surface area contributed by atoms with E-state index in [0.717, 1.165) is 61.0 Å². The van der Waals surface area contributed by atoms with Crippen molar-refractivity contribution in [3.05, 3.63) is 174 Å². The molecule has 2 heterocycles. The molecule has 0 saturated heterocycles. The van der Waals surface area contributed by atoms with Crippen molar-refractivity contribution in [2.75, 3.05) is 0 Å². The van der Waals surface area contributed by atoms with Gasteiger partial charge in [-0.05, 0) is 58.0 Å². The van der Waals surface area contributed by atoms with Gasteiger partial charge in [0.1, 0.15) is 11.4 Å². The van der Waals surface area contributed by atoms with Crippen LogP contribution in [-0.4, -0.2) is 20.4 Å². The summed E-state index contributed by atoms with van der Waals surface area (Å²) in [7, 11) is 0. The summed E-state index contributed by atoms with van der Waals surface area (Å²) < 4.78 is 2.28. The van der Waals surface area contributed by atoms with Gasteiger partial charge in [-0.3, -0.25) is 9.20 Å². The minimum Gasteiger partial charge on any atom is -0.507 e. The Labute approximate surface area is 266 Å². The van der Waals surface area contributed by atoms with Gasteiger partial charge in [-0.25, -0.2) is 4.98 Å². The Hall–Kier alpha value is -6.20. The SMILES string of the molecule is O=C(NC(c1ccccc1)c1ccc2c(-c3ccccc3)c(-c3ccccc3)n3c4ccccc4nc3c2c1)c1ccccc1O. The Bertz CT molecular complexity index is 2370. The maximum absolute atomic E-state index is 13.6. The first-order valence-corrected chi connectivity index (χ1v) is 15.3. The standard InChI is InChI=1S/C41H29N3O2/c45-36-23-13-10-20-32(36)41(46)43-38(28-16-6-2-7-17-28)30-24-25-31-33(26-30)40-42-34-21-11-12-22-35(34)44(40)39(29-18-8-3-9-19-29)37(31)27-14-4-1-5-15-27/h1-26,38,45H,(H,43,46). The molecule has 0 saturated carbocycles. The third-order valence-corrected chi connectivity index (χ3v) is 8.58. The zero-order valence-electron chi connectivity index (χ0n) is 24.8. The van der Waals surface area contributed by atoms with Crippen LogP contribution in [0.3, 0.4) is 0 Å². The van der Waals surface area contributed by atoms with Gasteiger partial charge >= 0.3 is 0 Å². The number of hydrogen-bond donors (Lipinski definition) is 2. The van der Waals surface area contributed by atoms with E-state index in [1.165, 1.54) is 6.07 Å². The quantitative estimate of drug-likeness (QED) is 0.201.